The van der Waals surface area contributed by atoms with Gasteiger partial charge in [-0.1, -0.05) is 30.7 Å². The summed E-state index contributed by atoms with van der Waals surface area (Å²) in [4.78, 5) is 2.79. The molecule has 0 aromatic heterocycles. The highest BCUT2D eigenvalue weighted by Gasteiger charge is 2.37. The van der Waals surface area contributed by atoms with Crippen LogP contribution >= 0.6 is 0 Å². The van der Waals surface area contributed by atoms with Gasteiger partial charge in [-0.3, -0.25) is 4.90 Å². The lowest BCUT2D eigenvalue weighted by Gasteiger charge is -2.49. The average molecular weight is 258 g/mol. The van der Waals surface area contributed by atoms with Gasteiger partial charge in [0.05, 0.1) is 0 Å². The number of aryl methyl sites for hydroxylation is 1. The maximum absolute atomic E-state index is 3.50. The molecule has 2 nitrogen and oxygen atoms in total. The van der Waals surface area contributed by atoms with E-state index in [-0.39, 0.29) is 0 Å². The number of piperidine rings is 2. The van der Waals surface area contributed by atoms with Crippen LogP contribution in [0.1, 0.15) is 43.2 Å². The van der Waals surface area contributed by atoms with E-state index in [0.29, 0.717) is 0 Å². The lowest BCUT2D eigenvalue weighted by molar-refractivity contribution is 0.0189. The van der Waals surface area contributed by atoms with Gasteiger partial charge in [0.25, 0.3) is 0 Å². The van der Waals surface area contributed by atoms with Crippen molar-refractivity contribution in [3.8, 4) is 0 Å². The van der Waals surface area contributed by atoms with Gasteiger partial charge in [-0.25, -0.2) is 0 Å². The predicted molar refractivity (Wildman–Crippen MR) is 80.2 cm³/mol. The van der Waals surface area contributed by atoms with Crippen molar-refractivity contribution >= 4 is 0 Å². The lowest BCUT2D eigenvalue weighted by atomic mass is 9.81. The summed E-state index contributed by atoms with van der Waals surface area (Å²) in [6, 6.07) is 11.2. The number of hydrogen-bond acceptors (Lipinski definition) is 2. The monoisotopic (exact) mass is 258 g/mol. The Labute approximate surface area is 117 Å². The molecule has 2 saturated heterocycles. The van der Waals surface area contributed by atoms with Crippen LogP contribution in [0.4, 0.5) is 0 Å². The van der Waals surface area contributed by atoms with Crippen LogP contribution in [0.3, 0.4) is 0 Å². The molecule has 0 aliphatic carbocycles. The molecule has 3 rings (SSSR count). The Morgan fingerprint density at radius 1 is 1.16 bits per heavy atom. The summed E-state index contributed by atoms with van der Waals surface area (Å²) >= 11 is 0. The second kappa shape index (κ2) is 5.64. The fourth-order valence-electron chi connectivity index (χ4n) is 3.96. The fourth-order valence-corrected chi connectivity index (χ4v) is 3.96. The van der Waals surface area contributed by atoms with Crippen molar-refractivity contribution in [3.05, 3.63) is 35.4 Å². The molecule has 0 radical (unpaired) electrons. The highest BCUT2D eigenvalue weighted by molar-refractivity contribution is 5.25. The van der Waals surface area contributed by atoms with Crippen LogP contribution in [0.2, 0.25) is 0 Å². The zero-order valence-corrected chi connectivity index (χ0v) is 12.2. The fraction of sp³-hybridized carbons (Fsp3) is 0.647. The van der Waals surface area contributed by atoms with Crippen LogP contribution in [0.15, 0.2) is 24.3 Å². The van der Waals surface area contributed by atoms with Crippen LogP contribution in [-0.2, 0) is 6.54 Å². The summed E-state index contributed by atoms with van der Waals surface area (Å²) in [7, 11) is 2.12. The Bertz CT molecular complexity index is 415. The van der Waals surface area contributed by atoms with Gasteiger partial charge in [-0.05, 0) is 50.8 Å². The number of rotatable bonds is 3. The normalized spacial score (nSPS) is 31.4. The van der Waals surface area contributed by atoms with Crippen LogP contribution in [0.25, 0.3) is 0 Å². The molecule has 2 aliphatic rings. The number of fused-ring (bicyclic) bond motifs is 2. The van der Waals surface area contributed by atoms with E-state index < -0.39 is 0 Å². The maximum atomic E-state index is 3.50. The minimum atomic E-state index is 0.739. The van der Waals surface area contributed by atoms with Gasteiger partial charge in [0.2, 0.25) is 0 Å². The topological polar surface area (TPSA) is 15.3 Å². The minimum Gasteiger partial charge on any atom is -0.317 e. The summed E-state index contributed by atoms with van der Waals surface area (Å²) in [5.74, 6) is 0. The summed E-state index contributed by atoms with van der Waals surface area (Å²) in [5.41, 5.74) is 2.96. The zero-order valence-electron chi connectivity index (χ0n) is 12.2. The molecule has 104 valence electrons. The van der Waals surface area contributed by atoms with E-state index in [1.54, 1.807) is 0 Å². The Morgan fingerprint density at radius 3 is 2.47 bits per heavy atom. The first-order valence-corrected chi connectivity index (χ1v) is 7.75. The van der Waals surface area contributed by atoms with Crippen molar-refractivity contribution in [2.75, 3.05) is 7.05 Å². The number of nitrogens with one attached hydrogen (secondary N) is 1. The molecule has 0 amide bonds. The van der Waals surface area contributed by atoms with Crippen molar-refractivity contribution in [1.82, 2.24) is 10.2 Å². The van der Waals surface area contributed by atoms with E-state index in [2.05, 4.69) is 48.5 Å². The van der Waals surface area contributed by atoms with E-state index >= 15 is 0 Å². The van der Waals surface area contributed by atoms with E-state index in [1.807, 2.05) is 0 Å². The Morgan fingerprint density at radius 2 is 1.84 bits per heavy atom. The predicted octanol–water partition coefficient (Wildman–Crippen LogP) is 3.10. The van der Waals surface area contributed by atoms with E-state index in [4.69, 9.17) is 0 Å². The summed E-state index contributed by atoms with van der Waals surface area (Å²) < 4.78 is 0. The first-order valence-electron chi connectivity index (χ1n) is 7.75. The molecule has 2 unspecified atom stereocenters. The van der Waals surface area contributed by atoms with E-state index in [0.717, 1.165) is 24.7 Å². The molecule has 2 fully saturated rings. The van der Waals surface area contributed by atoms with Crippen molar-refractivity contribution in [3.63, 3.8) is 0 Å². The second-order valence-electron chi connectivity index (χ2n) is 6.29. The first kappa shape index (κ1) is 13.1. The number of benzene rings is 1. The molecule has 0 spiro atoms. The van der Waals surface area contributed by atoms with Crippen molar-refractivity contribution in [2.45, 2.75) is 63.7 Å². The molecular formula is C17H26N2. The average Bonchev–Trinajstić information content (AvgIpc) is 2.41. The molecule has 19 heavy (non-hydrogen) atoms. The molecule has 1 aromatic rings. The van der Waals surface area contributed by atoms with Crippen LogP contribution in [-0.4, -0.2) is 30.1 Å². The summed E-state index contributed by atoms with van der Waals surface area (Å²) in [5, 5.41) is 3.50. The molecule has 1 aromatic carbocycles. The van der Waals surface area contributed by atoms with Crippen molar-refractivity contribution in [2.24, 2.45) is 0 Å². The minimum absolute atomic E-state index is 0.739. The van der Waals surface area contributed by atoms with Gasteiger partial charge in [-0.15, -0.1) is 0 Å². The van der Waals surface area contributed by atoms with Gasteiger partial charge in [0.15, 0.2) is 0 Å². The first-order chi connectivity index (χ1) is 9.28. The zero-order chi connectivity index (χ0) is 13.2. The Balaban J connectivity index is 1.76. The van der Waals surface area contributed by atoms with Gasteiger partial charge < -0.3 is 5.32 Å². The van der Waals surface area contributed by atoms with Gasteiger partial charge in [0.1, 0.15) is 0 Å². The smallest absolute Gasteiger partial charge is 0.0242 e. The molecule has 2 heterocycles. The maximum Gasteiger partial charge on any atom is 0.0242 e. The standard InChI is InChI=1S/C17H26N2/c1-13-6-3-4-7-14(13)12-19-16-8-5-9-17(19)11-15(10-16)18-2/h3-4,6-7,15-18H,5,8-12H2,1-2H3. The number of hydrogen-bond donors (Lipinski definition) is 1. The largest absolute Gasteiger partial charge is 0.317 e. The quantitative estimate of drug-likeness (QED) is 0.896. The molecule has 0 saturated carbocycles. The summed E-state index contributed by atoms with van der Waals surface area (Å²) in [6.07, 6.45) is 6.87. The van der Waals surface area contributed by atoms with Crippen molar-refractivity contribution in [1.29, 1.82) is 0 Å². The van der Waals surface area contributed by atoms with Gasteiger partial charge in [-0.2, -0.15) is 0 Å². The highest BCUT2D eigenvalue weighted by atomic mass is 15.2. The van der Waals surface area contributed by atoms with E-state index in [9.17, 15) is 0 Å². The molecule has 2 bridgehead atoms. The third-order valence-electron chi connectivity index (χ3n) is 5.15. The van der Waals surface area contributed by atoms with Crippen LogP contribution in [0, 0.1) is 6.92 Å². The third-order valence-corrected chi connectivity index (χ3v) is 5.15. The van der Waals surface area contributed by atoms with Crippen LogP contribution < -0.4 is 5.32 Å². The molecule has 2 atom stereocenters. The molecule has 2 aliphatic heterocycles. The third kappa shape index (κ3) is 2.70. The van der Waals surface area contributed by atoms with Gasteiger partial charge in [0, 0.05) is 24.7 Å². The summed E-state index contributed by atoms with van der Waals surface area (Å²) in [6.45, 7) is 3.39. The molecule has 1 N–H and O–H groups in total. The van der Waals surface area contributed by atoms with Crippen LogP contribution in [0.5, 0.6) is 0 Å². The molecule has 2 heteroatoms. The van der Waals surface area contributed by atoms with Gasteiger partial charge >= 0.3 is 0 Å². The number of nitrogens with zero attached hydrogens (tertiary/aromatic N) is 1. The van der Waals surface area contributed by atoms with Crippen molar-refractivity contribution < 1.29 is 0 Å². The Hall–Kier alpha value is -0.860. The lowest BCUT2D eigenvalue weighted by Crippen LogP contribution is -2.55. The SMILES string of the molecule is CNC1CC2CCCC(C1)N2Cc1ccccc1C. The highest BCUT2D eigenvalue weighted by Crippen LogP contribution is 2.35. The van der Waals surface area contributed by atoms with E-state index in [1.165, 1.54) is 43.2 Å². The molecular weight excluding hydrogens is 232 g/mol. The Kier molecular flexibility index (Phi) is 3.90. The second-order valence-corrected chi connectivity index (χ2v) is 6.29.